The third-order valence-electron chi connectivity index (χ3n) is 2.76. The molecule has 1 aliphatic rings. The van der Waals surface area contributed by atoms with Gasteiger partial charge in [0.2, 0.25) is 0 Å². The van der Waals surface area contributed by atoms with Crippen LogP contribution in [0, 0.1) is 0 Å². The van der Waals surface area contributed by atoms with E-state index in [9.17, 15) is 0 Å². The Balaban J connectivity index is 2.03. The second-order valence-corrected chi connectivity index (χ2v) is 5.84. The van der Waals surface area contributed by atoms with Crippen molar-refractivity contribution in [1.82, 2.24) is 4.31 Å². The van der Waals surface area contributed by atoms with Crippen LogP contribution in [0.4, 0.5) is 5.69 Å². The molecule has 0 aromatic heterocycles. The van der Waals surface area contributed by atoms with Crippen molar-refractivity contribution in [2.45, 2.75) is 13.3 Å². The third kappa shape index (κ3) is 3.22. The number of nitrogens with zero attached hydrogens (tertiary/aromatic N) is 2. The highest BCUT2D eigenvalue weighted by Gasteiger charge is 2.19. The Labute approximate surface area is 117 Å². The van der Waals surface area contributed by atoms with Crippen LogP contribution in [0.2, 0.25) is 10.0 Å². The van der Waals surface area contributed by atoms with Crippen molar-refractivity contribution in [2.75, 3.05) is 30.4 Å². The van der Waals surface area contributed by atoms with E-state index in [0.717, 1.165) is 31.2 Å². The van der Waals surface area contributed by atoms with Crippen molar-refractivity contribution in [2.24, 2.45) is 0 Å². The molecule has 1 heterocycles. The molecular weight excluding hydrogens is 275 g/mol. The fourth-order valence-electron chi connectivity index (χ4n) is 1.87. The van der Waals surface area contributed by atoms with Crippen LogP contribution >= 0.6 is 35.1 Å². The maximum Gasteiger partial charge on any atom is 0.0825 e. The number of hydrogen-bond donors (Lipinski definition) is 0. The molecule has 2 rings (SSSR count). The molecule has 0 amide bonds. The summed E-state index contributed by atoms with van der Waals surface area (Å²) in [6.45, 7) is 5.44. The Kier molecular flexibility index (Phi) is 4.86. The van der Waals surface area contributed by atoms with Crippen LogP contribution in [-0.4, -0.2) is 29.8 Å². The average molecular weight is 291 g/mol. The first kappa shape index (κ1) is 13.3. The minimum atomic E-state index is 0.630. The molecule has 0 atom stereocenters. The van der Waals surface area contributed by atoms with Gasteiger partial charge in [0, 0.05) is 19.6 Å². The molecule has 5 heteroatoms. The van der Waals surface area contributed by atoms with Gasteiger partial charge in [0.15, 0.2) is 0 Å². The maximum atomic E-state index is 6.23. The number of halogens is 2. The Morgan fingerprint density at radius 3 is 2.76 bits per heavy atom. The second-order valence-electron chi connectivity index (χ2n) is 4.02. The SMILES string of the molecule is CCCN1CCN(c2cccc(Cl)c2Cl)CS1. The van der Waals surface area contributed by atoms with Crippen molar-refractivity contribution in [3.63, 3.8) is 0 Å². The summed E-state index contributed by atoms with van der Waals surface area (Å²) < 4.78 is 2.41. The molecule has 2 nitrogen and oxygen atoms in total. The molecule has 0 spiro atoms. The summed E-state index contributed by atoms with van der Waals surface area (Å²) >= 11 is 14.1. The molecule has 1 fully saturated rings. The standard InChI is InChI=1S/C12H16Cl2N2S/c1-2-6-16-8-7-15(9-17-16)11-5-3-4-10(13)12(11)14/h3-5H,2,6-9H2,1H3. The summed E-state index contributed by atoms with van der Waals surface area (Å²) in [6, 6.07) is 5.81. The summed E-state index contributed by atoms with van der Waals surface area (Å²) in [5.41, 5.74) is 1.04. The first-order valence-corrected chi connectivity index (χ1v) is 7.49. The maximum absolute atomic E-state index is 6.23. The van der Waals surface area contributed by atoms with E-state index in [0.29, 0.717) is 10.0 Å². The lowest BCUT2D eigenvalue weighted by Gasteiger charge is -2.35. The number of rotatable bonds is 3. The van der Waals surface area contributed by atoms with Gasteiger partial charge in [-0.3, -0.25) is 0 Å². The largest absolute Gasteiger partial charge is 0.358 e. The van der Waals surface area contributed by atoms with E-state index in [1.54, 1.807) is 0 Å². The van der Waals surface area contributed by atoms with Gasteiger partial charge < -0.3 is 4.90 Å². The van der Waals surface area contributed by atoms with E-state index in [1.807, 2.05) is 30.1 Å². The van der Waals surface area contributed by atoms with Crippen LogP contribution in [0.15, 0.2) is 18.2 Å². The van der Waals surface area contributed by atoms with Gasteiger partial charge in [-0.25, -0.2) is 4.31 Å². The molecule has 0 saturated carbocycles. The Hall–Kier alpha value is -0.0900. The molecule has 17 heavy (non-hydrogen) atoms. The molecule has 1 aliphatic heterocycles. The molecule has 1 aromatic rings. The molecule has 0 radical (unpaired) electrons. The van der Waals surface area contributed by atoms with Gasteiger partial charge in [0.1, 0.15) is 0 Å². The predicted molar refractivity (Wildman–Crippen MR) is 78.1 cm³/mol. The first-order valence-electron chi connectivity index (χ1n) is 5.79. The summed E-state index contributed by atoms with van der Waals surface area (Å²) in [6.07, 6.45) is 1.20. The lowest BCUT2D eigenvalue weighted by molar-refractivity contribution is 0.460. The van der Waals surface area contributed by atoms with E-state index < -0.39 is 0 Å². The van der Waals surface area contributed by atoms with E-state index in [-0.39, 0.29) is 0 Å². The molecule has 0 bridgehead atoms. The third-order valence-corrected chi connectivity index (χ3v) is 4.73. The molecule has 0 N–H and O–H groups in total. The van der Waals surface area contributed by atoms with Crippen molar-refractivity contribution >= 4 is 40.8 Å². The first-order chi connectivity index (χ1) is 8.22. The van der Waals surface area contributed by atoms with Crippen molar-refractivity contribution in [1.29, 1.82) is 0 Å². The highest BCUT2D eigenvalue weighted by molar-refractivity contribution is 7.97. The predicted octanol–water partition coefficient (Wildman–Crippen LogP) is 4.13. The van der Waals surface area contributed by atoms with Crippen molar-refractivity contribution in [3.8, 4) is 0 Å². The zero-order valence-electron chi connectivity index (χ0n) is 9.83. The summed E-state index contributed by atoms with van der Waals surface area (Å²) in [5, 5.41) is 1.30. The zero-order valence-corrected chi connectivity index (χ0v) is 12.2. The van der Waals surface area contributed by atoms with Gasteiger partial charge in [0.05, 0.1) is 21.6 Å². The summed E-state index contributed by atoms with van der Waals surface area (Å²) in [7, 11) is 0. The fourth-order valence-corrected chi connectivity index (χ4v) is 3.37. The summed E-state index contributed by atoms with van der Waals surface area (Å²) in [4.78, 5) is 2.28. The van der Waals surface area contributed by atoms with E-state index in [2.05, 4.69) is 16.1 Å². The van der Waals surface area contributed by atoms with Gasteiger partial charge >= 0.3 is 0 Å². The number of benzene rings is 1. The summed E-state index contributed by atoms with van der Waals surface area (Å²) in [5.74, 6) is 0.945. The van der Waals surface area contributed by atoms with Crippen LogP contribution in [-0.2, 0) is 0 Å². The van der Waals surface area contributed by atoms with Gasteiger partial charge in [-0.1, -0.05) is 48.1 Å². The molecule has 1 saturated heterocycles. The minimum absolute atomic E-state index is 0.630. The van der Waals surface area contributed by atoms with Crippen LogP contribution in [0.25, 0.3) is 0 Å². The molecule has 1 aromatic carbocycles. The second kappa shape index (κ2) is 6.19. The van der Waals surface area contributed by atoms with Crippen LogP contribution in [0.3, 0.4) is 0 Å². The van der Waals surface area contributed by atoms with E-state index in [4.69, 9.17) is 23.2 Å². The van der Waals surface area contributed by atoms with Crippen molar-refractivity contribution in [3.05, 3.63) is 28.2 Å². The molecule has 0 aliphatic carbocycles. The van der Waals surface area contributed by atoms with Crippen LogP contribution < -0.4 is 4.90 Å². The van der Waals surface area contributed by atoms with Gasteiger partial charge in [-0.2, -0.15) is 0 Å². The lowest BCUT2D eigenvalue weighted by Crippen LogP contribution is -2.39. The lowest BCUT2D eigenvalue weighted by atomic mass is 10.3. The van der Waals surface area contributed by atoms with Gasteiger partial charge in [-0.05, 0) is 18.6 Å². The van der Waals surface area contributed by atoms with Gasteiger partial charge in [-0.15, -0.1) is 0 Å². The quantitative estimate of drug-likeness (QED) is 0.773. The Bertz CT molecular complexity index is 379. The Morgan fingerprint density at radius 1 is 1.29 bits per heavy atom. The molecule has 0 unspecified atom stereocenters. The monoisotopic (exact) mass is 290 g/mol. The zero-order chi connectivity index (χ0) is 12.3. The fraction of sp³-hybridized carbons (Fsp3) is 0.500. The van der Waals surface area contributed by atoms with Crippen LogP contribution in [0.5, 0.6) is 0 Å². The topological polar surface area (TPSA) is 6.48 Å². The minimum Gasteiger partial charge on any atom is -0.358 e. The number of hydrogen-bond acceptors (Lipinski definition) is 3. The molecular formula is C12H16Cl2N2S. The number of anilines is 1. The van der Waals surface area contributed by atoms with Gasteiger partial charge in [0.25, 0.3) is 0 Å². The Morgan fingerprint density at radius 2 is 2.12 bits per heavy atom. The molecule has 94 valence electrons. The van der Waals surface area contributed by atoms with E-state index >= 15 is 0 Å². The van der Waals surface area contributed by atoms with Crippen molar-refractivity contribution < 1.29 is 0 Å². The highest BCUT2D eigenvalue weighted by atomic mass is 35.5. The highest BCUT2D eigenvalue weighted by Crippen LogP contribution is 2.34. The smallest absolute Gasteiger partial charge is 0.0825 e. The van der Waals surface area contributed by atoms with E-state index in [1.165, 1.54) is 6.42 Å². The van der Waals surface area contributed by atoms with Crippen LogP contribution in [0.1, 0.15) is 13.3 Å². The average Bonchev–Trinajstić information content (AvgIpc) is 2.34. The normalized spacial score (nSPS) is 17.5.